The Morgan fingerprint density at radius 1 is 0.895 bits per heavy atom. The molecule has 0 aromatic rings. The molecule has 0 radical (unpaired) electrons. The van der Waals surface area contributed by atoms with Crippen molar-refractivity contribution in [1.82, 2.24) is 0 Å². The first-order valence-corrected chi connectivity index (χ1v) is 8.67. The number of rotatable bonds is 3. The van der Waals surface area contributed by atoms with Crippen molar-refractivity contribution in [3.8, 4) is 0 Å². The molecule has 0 saturated heterocycles. The summed E-state index contributed by atoms with van der Waals surface area (Å²) in [6, 6.07) is 0. The number of sulfonamides is 1. The number of alkyl halides is 3. The van der Waals surface area contributed by atoms with Gasteiger partial charge in [0.2, 0.25) is 0 Å². The Hall–Kier alpha value is 0.792. The first kappa shape index (κ1) is 24.8. The minimum Gasteiger partial charge on any atom is -0.221 e. The van der Waals surface area contributed by atoms with E-state index in [9.17, 15) is 21.6 Å². The SMILES string of the molecule is CC(C)P(C(C)C)C(C)C.NS(=O)(=O)C(F)(F)F.[Pd]. The van der Waals surface area contributed by atoms with E-state index in [2.05, 4.69) is 46.7 Å². The molecule has 0 aliphatic carbocycles. The Labute approximate surface area is 129 Å². The van der Waals surface area contributed by atoms with Gasteiger partial charge in [0.15, 0.2) is 0 Å². The van der Waals surface area contributed by atoms with E-state index in [1.54, 1.807) is 0 Å². The van der Waals surface area contributed by atoms with Crippen LogP contribution in [0.3, 0.4) is 0 Å². The molecule has 0 saturated carbocycles. The van der Waals surface area contributed by atoms with Crippen LogP contribution < -0.4 is 5.14 Å². The van der Waals surface area contributed by atoms with Crippen LogP contribution >= 0.6 is 7.92 Å². The number of halogens is 3. The van der Waals surface area contributed by atoms with Crippen molar-refractivity contribution in [2.75, 3.05) is 0 Å². The molecular formula is C10H23F3NO2PPdS. The minimum absolute atomic E-state index is 0. The number of nitrogens with two attached hydrogens (primary N) is 1. The van der Waals surface area contributed by atoms with Crippen LogP contribution in [0.25, 0.3) is 0 Å². The molecule has 0 aromatic carbocycles. The van der Waals surface area contributed by atoms with Crippen LogP contribution in [-0.4, -0.2) is 30.9 Å². The molecule has 2 N–H and O–H groups in total. The van der Waals surface area contributed by atoms with Crippen LogP contribution in [0.5, 0.6) is 0 Å². The topological polar surface area (TPSA) is 60.2 Å². The van der Waals surface area contributed by atoms with Gasteiger partial charge in [0.25, 0.3) is 0 Å². The van der Waals surface area contributed by atoms with Crippen molar-refractivity contribution >= 4 is 17.9 Å². The van der Waals surface area contributed by atoms with E-state index < -0.39 is 15.5 Å². The molecule has 19 heavy (non-hydrogen) atoms. The monoisotopic (exact) mass is 415 g/mol. The van der Waals surface area contributed by atoms with E-state index in [-0.39, 0.29) is 28.3 Å². The van der Waals surface area contributed by atoms with Crippen LogP contribution in [0.1, 0.15) is 41.5 Å². The first-order valence-electron chi connectivity index (χ1n) is 5.58. The molecule has 0 amide bonds. The predicted octanol–water partition coefficient (Wildman–Crippen LogP) is 3.49. The molecular weight excluding hydrogens is 393 g/mol. The van der Waals surface area contributed by atoms with E-state index in [1.165, 1.54) is 0 Å². The zero-order chi connectivity index (χ0) is 15.3. The molecule has 0 rings (SSSR count). The quantitative estimate of drug-likeness (QED) is 0.566. The molecule has 0 spiro atoms. The van der Waals surface area contributed by atoms with Gasteiger partial charge in [-0.3, -0.25) is 0 Å². The summed E-state index contributed by atoms with van der Waals surface area (Å²) in [5.74, 6) is 0. The van der Waals surface area contributed by atoms with Gasteiger partial charge in [0, 0.05) is 20.4 Å². The van der Waals surface area contributed by atoms with Gasteiger partial charge in [-0.05, 0) is 17.0 Å². The summed E-state index contributed by atoms with van der Waals surface area (Å²) in [4.78, 5) is 0. The maximum Gasteiger partial charge on any atom is 0.511 e. The summed E-state index contributed by atoms with van der Waals surface area (Å²) in [5, 5.41) is 3.66. The van der Waals surface area contributed by atoms with Crippen LogP contribution in [0, 0.1) is 0 Å². The number of primary sulfonamides is 1. The van der Waals surface area contributed by atoms with Crippen molar-refractivity contribution < 1.29 is 42.0 Å². The van der Waals surface area contributed by atoms with Crippen LogP contribution in [-0.2, 0) is 30.4 Å². The van der Waals surface area contributed by atoms with Crippen molar-refractivity contribution in [3.63, 3.8) is 0 Å². The molecule has 0 heterocycles. The van der Waals surface area contributed by atoms with Gasteiger partial charge in [0.05, 0.1) is 0 Å². The van der Waals surface area contributed by atoms with Crippen LogP contribution in [0.2, 0.25) is 0 Å². The fraction of sp³-hybridized carbons (Fsp3) is 1.00. The Kier molecular flexibility index (Phi) is 12.6. The molecule has 0 bridgehead atoms. The summed E-state index contributed by atoms with van der Waals surface area (Å²) >= 11 is 0. The van der Waals surface area contributed by atoms with Crippen molar-refractivity contribution in [3.05, 3.63) is 0 Å². The largest absolute Gasteiger partial charge is 0.511 e. The van der Waals surface area contributed by atoms with Gasteiger partial charge in [-0.2, -0.15) is 13.2 Å². The second-order valence-electron chi connectivity index (χ2n) is 4.72. The third kappa shape index (κ3) is 11.2. The average Bonchev–Trinajstić information content (AvgIpc) is 1.96. The summed E-state index contributed by atoms with van der Waals surface area (Å²) in [6.45, 7) is 14.1. The van der Waals surface area contributed by atoms with E-state index in [0.717, 1.165) is 17.0 Å². The molecule has 0 aliphatic heterocycles. The molecule has 9 heteroatoms. The van der Waals surface area contributed by atoms with Crippen molar-refractivity contribution in [1.29, 1.82) is 0 Å². The maximum absolute atomic E-state index is 10.8. The fourth-order valence-corrected chi connectivity index (χ4v) is 5.37. The average molecular weight is 416 g/mol. The summed E-state index contributed by atoms with van der Waals surface area (Å²) in [7, 11) is -5.08. The second-order valence-corrected chi connectivity index (χ2v) is 10.3. The fourth-order valence-electron chi connectivity index (χ4n) is 1.79. The van der Waals surface area contributed by atoms with Crippen LogP contribution in [0.15, 0.2) is 0 Å². The molecule has 0 aromatic heterocycles. The minimum atomic E-state index is -5.34. The van der Waals surface area contributed by atoms with Gasteiger partial charge in [-0.1, -0.05) is 49.5 Å². The Morgan fingerprint density at radius 3 is 1.05 bits per heavy atom. The summed E-state index contributed by atoms with van der Waals surface area (Å²) in [5.41, 5.74) is -2.62. The summed E-state index contributed by atoms with van der Waals surface area (Å²) in [6.07, 6.45) is 0. The normalized spacial score (nSPS) is 12.5. The number of hydrogen-bond acceptors (Lipinski definition) is 2. The van der Waals surface area contributed by atoms with Gasteiger partial charge >= 0.3 is 15.5 Å². The number of hydrogen-bond donors (Lipinski definition) is 1. The van der Waals surface area contributed by atoms with Gasteiger partial charge in [0.1, 0.15) is 0 Å². The molecule has 3 nitrogen and oxygen atoms in total. The molecule has 0 unspecified atom stereocenters. The van der Waals surface area contributed by atoms with E-state index in [4.69, 9.17) is 0 Å². The molecule has 0 aliphatic rings. The van der Waals surface area contributed by atoms with Gasteiger partial charge < -0.3 is 0 Å². The van der Waals surface area contributed by atoms with Crippen LogP contribution in [0.4, 0.5) is 13.2 Å². The Morgan fingerprint density at radius 2 is 1.05 bits per heavy atom. The zero-order valence-corrected chi connectivity index (χ0v) is 15.2. The molecule has 0 atom stereocenters. The maximum atomic E-state index is 10.8. The first-order chi connectivity index (χ1) is 7.71. The predicted molar refractivity (Wildman–Crippen MR) is 71.5 cm³/mol. The third-order valence-electron chi connectivity index (χ3n) is 2.11. The smallest absolute Gasteiger partial charge is 0.221 e. The zero-order valence-electron chi connectivity index (χ0n) is 11.9. The molecule has 0 fully saturated rings. The van der Waals surface area contributed by atoms with E-state index >= 15 is 0 Å². The van der Waals surface area contributed by atoms with Gasteiger partial charge in [-0.15, -0.1) is 0 Å². The van der Waals surface area contributed by atoms with E-state index in [0.29, 0.717) is 0 Å². The van der Waals surface area contributed by atoms with E-state index in [1.807, 2.05) is 0 Å². The van der Waals surface area contributed by atoms with Crippen molar-refractivity contribution in [2.24, 2.45) is 5.14 Å². The second kappa shape index (κ2) is 9.68. The molecule has 122 valence electrons. The van der Waals surface area contributed by atoms with Gasteiger partial charge in [-0.25, -0.2) is 13.6 Å². The van der Waals surface area contributed by atoms with Crippen molar-refractivity contribution in [2.45, 2.75) is 64.0 Å². The third-order valence-corrected chi connectivity index (χ3v) is 6.33. The standard InChI is InChI=1S/C9H21P.CH2F3NO2S.Pd/c1-7(2)10(8(3)4)9(5)6;2-1(3,4)8(5,6)7;/h7-9H,1-6H3;(H2,5,6,7);. The Balaban J connectivity index is -0.000000262. The summed E-state index contributed by atoms with van der Waals surface area (Å²) < 4.78 is 51.2. The Bertz CT molecular complexity index is 313.